The zero-order valence-corrected chi connectivity index (χ0v) is 21.3. The standard InChI is InChI=1S/C23H28BCl2NO8/c1-4-19(29)23(10-20(30)31)11-21(32)34-24(35-23)14(7-13(2)3)8-16(28)12-27-22(33)17-9-15(25)5-6-18(17)26/h5-6,9,13-14H,4,7-8,10-12H2,1-3H3,(H,27,33)(H,30,31)/t14-,23-/m1/s1. The summed E-state index contributed by atoms with van der Waals surface area (Å²) in [6.45, 7) is 5.01. The van der Waals surface area contributed by atoms with E-state index in [0.29, 0.717) is 11.4 Å². The number of aliphatic carboxylic acids is 1. The van der Waals surface area contributed by atoms with Crippen LogP contribution in [-0.2, 0) is 28.5 Å². The lowest BCUT2D eigenvalue weighted by Crippen LogP contribution is -2.55. The van der Waals surface area contributed by atoms with E-state index in [2.05, 4.69) is 5.32 Å². The minimum absolute atomic E-state index is 0.0286. The van der Waals surface area contributed by atoms with Gasteiger partial charge in [0.15, 0.2) is 11.6 Å². The van der Waals surface area contributed by atoms with Crippen molar-refractivity contribution in [3.8, 4) is 0 Å². The Morgan fingerprint density at radius 2 is 1.91 bits per heavy atom. The van der Waals surface area contributed by atoms with Crippen molar-refractivity contribution in [3.63, 3.8) is 0 Å². The third-order valence-electron chi connectivity index (χ3n) is 5.55. The number of benzene rings is 1. The Hall–Kier alpha value is -2.43. The average Bonchev–Trinajstić information content (AvgIpc) is 2.76. The molecule has 0 unspecified atom stereocenters. The molecule has 1 fully saturated rings. The second kappa shape index (κ2) is 12.5. The van der Waals surface area contributed by atoms with Crippen LogP contribution in [0.2, 0.25) is 15.9 Å². The highest BCUT2D eigenvalue weighted by Gasteiger charge is 2.53. The predicted octanol–water partition coefficient (Wildman–Crippen LogP) is 3.74. The molecule has 9 nitrogen and oxygen atoms in total. The van der Waals surface area contributed by atoms with Crippen LogP contribution in [0, 0.1) is 5.92 Å². The lowest BCUT2D eigenvalue weighted by Gasteiger charge is -2.39. The van der Waals surface area contributed by atoms with Gasteiger partial charge < -0.3 is 19.7 Å². The van der Waals surface area contributed by atoms with Crippen LogP contribution in [0.4, 0.5) is 0 Å². The van der Waals surface area contributed by atoms with E-state index in [4.69, 9.17) is 32.5 Å². The number of hydrogen-bond acceptors (Lipinski definition) is 7. The summed E-state index contributed by atoms with van der Waals surface area (Å²) < 4.78 is 11.2. The zero-order chi connectivity index (χ0) is 26.3. The average molecular weight is 528 g/mol. The van der Waals surface area contributed by atoms with Gasteiger partial charge in [-0.05, 0) is 30.5 Å². The topological polar surface area (TPSA) is 136 Å². The Bertz CT molecular complexity index is 998. The number of carbonyl (C=O) groups is 5. The Balaban J connectivity index is 2.16. The molecule has 0 saturated carbocycles. The van der Waals surface area contributed by atoms with Crippen LogP contribution in [-0.4, -0.2) is 53.8 Å². The number of amides is 1. The van der Waals surface area contributed by atoms with Gasteiger partial charge in [-0.2, -0.15) is 0 Å². The number of carboxylic acids is 1. The first-order chi connectivity index (χ1) is 16.4. The molecule has 0 spiro atoms. The Morgan fingerprint density at radius 3 is 2.51 bits per heavy atom. The van der Waals surface area contributed by atoms with Crippen molar-refractivity contribution < 1.29 is 38.4 Å². The van der Waals surface area contributed by atoms with Gasteiger partial charge in [0.25, 0.3) is 11.9 Å². The molecular weight excluding hydrogens is 500 g/mol. The fourth-order valence-corrected chi connectivity index (χ4v) is 4.40. The lowest BCUT2D eigenvalue weighted by molar-refractivity contribution is -0.163. The molecule has 1 aliphatic heterocycles. The number of hydrogen-bond donors (Lipinski definition) is 2. The molecule has 190 valence electrons. The molecule has 1 amide bonds. The van der Waals surface area contributed by atoms with Crippen LogP contribution in [0.25, 0.3) is 0 Å². The van der Waals surface area contributed by atoms with E-state index in [1.54, 1.807) is 6.92 Å². The van der Waals surface area contributed by atoms with Gasteiger partial charge in [0.2, 0.25) is 0 Å². The van der Waals surface area contributed by atoms with Gasteiger partial charge in [-0.1, -0.05) is 44.0 Å². The monoisotopic (exact) mass is 527 g/mol. The summed E-state index contributed by atoms with van der Waals surface area (Å²) >= 11 is 11.9. The van der Waals surface area contributed by atoms with Crippen molar-refractivity contribution in [2.24, 2.45) is 5.92 Å². The number of rotatable bonds is 12. The smallest absolute Gasteiger partial charge is 0.509 e. The van der Waals surface area contributed by atoms with E-state index >= 15 is 0 Å². The van der Waals surface area contributed by atoms with Crippen molar-refractivity contribution in [1.29, 1.82) is 0 Å². The highest BCUT2D eigenvalue weighted by atomic mass is 35.5. The third kappa shape index (κ3) is 8.05. The molecule has 0 aromatic heterocycles. The zero-order valence-electron chi connectivity index (χ0n) is 19.8. The molecular formula is C23H28BCl2NO8. The van der Waals surface area contributed by atoms with Crippen molar-refractivity contribution >= 4 is 59.7 Å². The van der Waals surface area contributed by atoms with Crippen molar-refractivity contribution in [2.75, 3.05) is 6.54 Å². The van der Waals surface area contributed by atoms with Gasteiger partial charge in [-0.25, -0.2) is 0 Å². The third-order valence-corrected chi connectivity index (χ3v) is 6.12. The van der Waals surface area contributed by atoms with Crippen molar-refractivity contribution in [3.05, 3.63) is 33.8 Å². The maximum atomic E-state index is 12.7. The summed E-state index contributed by atoms with van der Waals surface area (Å²) in [5, 5.41) is 12.3. The van der Waals surface area contributed by atoms with Crippen LogP contribution in [0.5, 0.6) is 0 Å². The van der Waals surface area contributed by atoms with E-state index in [0.717, 1.165) is 0 Å². The highest BCUT2D eigenvalue weighted by molar-refractivity contribution is 6.50. The van der Waals surface area contributed by atoms with E-state index in [1.807, 2.05) is 13.8 Å². The Morgan fingerprint density at radius 1 is 1.23 bits per heavy atom. The van der Waals surface area contributed by atoms with Crippen molar-refractivity contribution in [1.82, 2.24) is 5.32 Å². The van der Waals surface area contributed by atoms with E-state index in [-0.39, 0.29) is 41.7 Å². The largest absolute Gasteiger partial charge is 0.531 e. The molecule has 0 aliphatic carbocycles. The van der Waals surface area contributed by atoms with Gasteiger partial charge in [-0.3, -0.25) is 24.0 Å². The number of carboxylic acid groups (broad SMARTS) is 1. The van der Waals surface area contributed by atoms with Crippen LogP contribution in [0.1, 0.15) is 63.2 Å². The van der Waals surface area contributed by atoms with E-state index in [1.165, 1.54) is 18.2 Å². The predicted molar refractivity (Wildman–Crippen MR) is 129 cm³/mol. The summed E-state index contributed by atoms with van der Waals surface area (Å²) in [4.78, 5) is 61.6. The molecule has 12 heteroatoms. The van der Waals surface area contributed by atoms with Gasteiger partial charge in [-0.15, -0.1) is 0 Å². The first-order valence-electron chi connectivity index (χ1n) is 11.2. The summed E-state index contributed by atoms with van der Waals surface area (Å²) in [5.74, 6) is -4.14. The van der Waals surface area contributed by atoms with Crippen molar-refractivity contribution in [2.45, 2.75) is 64.3 Å². The first-order valence-corrected chi connectivity index (χ1v) is 12.0. The van der Waals surface area contributed by atoms with Crippen LogP contribution in [0.15, 0.2) is 18.2 Å². The Labute approximate surface area is 214 Å². The van der Waals surface area contributed by atoms with Crippen LogP contribution >= 0.6 is 23.2 Å². The second-order valence-corrected chi connectivity index (χ2v) is 9.78. The highest BCUT2D eigenvalue weighted by Crippen LogP contribution is 2.36. The van der Waals surface area contributed by atoms with Crippen LogP contribution in [0.3, 0.4) is 0 Å². The minimum atomic E-state index is -1.85. The SMILES string of the molecule is CCC(=O)[C@@]1(CC(=O)O)CC(=O)OB([C@@H](CC(=O)CNC(=O)c2cc(Cl)ccc2Cl)CC(C)C)O1. The molecule has 1 aliphatic rings. The maximum Gasteiger partial charge on any atom is 0.531 e. The number of ketones is 2. The van der Waals surface area contributed by atoms with Gasteiger partial charge in [0, 0.05) is 23.7 Å². The molecule has 35 heavy (non-hydrogen) atoms. The molecule has 1 heterocycles. The molecule has 1 aromatic rings. The van der Waals surface area contributed by atoms with E-state index in [9.17, 15) is 29.1 Å². The molecule has 0 bridgehead atoms. The minimum Gasteiger partial charge on any atom is -0.509 e. The summed E-state index contributed by atoms with van der Waals surface area (Å²) in [6.07, 6.45) is -0.977. The molecule has 2 N–H and O–H groups in total. The lowest BCUT2D eigenvalue weighted by atomic mass is 9.63. The fourth-order valence-electron chi connectivity index (χ4n) is 4.02. The number of nitrogens with one attached hydrogen (secondary N) is 1. The number of halogens is 2. The summed E-state index contributed by atoms with van der Waals surface area (Å²) in [7, 11) is -1.28. The second-order valence-electron chi connectivity index (χ2n) is 8.93. The summed E-state index contributed by atoms with van der Waals surface area (Å²) in [5.41, 5.74) is -1.73. The molecule has 0 radical (unpaired) electrons. The first kappa shape index (κ1) is 28.8. The van der Waals surface area contributed by atoms with Crippen LogP contribution < -0.4 is 5.32 Å². The van der Waals surface area contributed by atoms with Gasteiger partial charge in [0.05, 0.1) is 30.0 Å². The molecule has 2 atom stereocenters. The Kier molecular flexibility index (Phi) is 10.3. The molecule has 1 saturated heterocycles. The van der Waals surface area contributed by atoms with Gasteiger partial charge in [0.1, 0.15) is 5.60 Å². The number of Topliss-reactive ketones (excluding diaryl/α,β-unsaturated/α-hetero) is 2. The quantitative estimate of drug-likeness (QED) is 0.392. The fraction of sp³-hybridized carbons (Fsp3) is 0.522. The normalized spacial score (nSPS) is 18.7. The van der Waals surface area contributed by atoms with E-state index < -0.39 is 55.0 Å². The molecule has 2 rings (SSSR count). The van der Waals surface area contributed by atoms with Gasteiger partial charge >= 0.3 is 13.1 Å². The maximum absolute atomic E-state index is 12.7. The summed E-state index contributed by atoms with van der Waals surface area (Å²) in [6, 6.07) is 4.38. The number of carbonyl (C=O) groups excluding carboxylic acids is 4. The molecule has 1 aromatic carbocycles.